The molecule has 1 aliphatic rings. The van der Waals surface area contributed by atoms with Crippen molar-refractivity contribution in [3.63, 3.8) is 0 Å². The van der Waals surface area contributed by atoms with Gasteiger partial charge >= 0.3 is 0 Å². The summed E-state index contributed by atoms with van der Waals surface area (Å²) in [6, 6.07) is 10.9. The van der Waals surface area contributed by atoms with Crippen molar-refractivity contribution in [3.8, 4) is 0 Å². The summed E-state index contributed by atoms with van der Waals surface area (Å²) in [7, 11) is 0. The molecule has 0 bridgehead atoms. The highest BCUT2D eigenvalue weighted by molar-refractivity contribution is 5.22. The number of hydrogen-bond donors (Lipinski definition) is 2. The van der Waals surface area contributed by atoms with E-state index in [2.05, 4.69) is 29.6 Å². The summed E-state index contributed by atoms with van der Waals surface area (Å²) in [6.07, 6.45) is 1.08. The quantitative estimate of drug-likeness (QED) is 0.672. The minimum atomic E-state index is 0.323. The smallest absolute Gasteiger partial charge is 0.0132 e. The summed E-state index contributed by atoms with van der Waals surface area (Å²) in [6.45, 7) is 2.08. The molecule has 0 aromatic heterocycles. The van der Waals surface area contributed by atoms with Crippen LogP contribution >= 0.6 is 0 Å². The topological polar surface area (TPSA) is 38.0 Å². The Kier molecular flexibility index (Phi) is 2.62. The third kappa shape index (κ3) is 1.90. The van der Waals surface area contributed by atoms with Crippen molar-refractivity contribution >= 4 is 0 Å². The molecule has 13 heavy (non-hydrogen) atoms. The molecule has 2 nitrogen and oxygen atoms in total. The molecule has 2 rings (SSSR count). The molecule has 70 valence electrons. The first-order valence-corrected chi connectivity index (χ1v) is 4.89. The van der Waals surface area contributed by atoms with Crippen molar-refractivity contribution in [1.29, 1.82) is 0 Å². The SMILES string of the molecule is N[C@@H]1CCNC[C@@H]1c1ccccc1. The highest BCUT2D eigenvalue weighted by Gasteiger charge is 2.22. The fourth-order valence-corrected chi connectivity index (χ4v) is 1.94. The average molecular weight is 176 g/mol. The van der Waals surface area contributed by atoms with Crippen LogP contribution in [0.3, 0.4) is 0 Å². The van der Waals surface area contributed by atoms with Crippen LogP contribution in [-0.4, -0.2) is 19.1 Å². The Balaban J connectivity index is 2.15. The predicted octanol–water partition coefficient (Wildman–Crippen LogP) is 1.09. The van der Waals surface area contributed by atoms with Gasteiger partial charge in [0, 0.05) is 18.5 Å². The summed E-state index contributed by atoms with van der Waals surface area (Å²) in [5, 5.41) is 3.38. The molecular formula is C11H16N2. The van der Waals surface area contributed by atoms with Gasteiger partial charge in [-0.25, -0.2) is 0 Å². The summed E-state index contributed by atoms with van der Waals surface area (Å²) >= 11 is 0. The van der Waals surface area contributed by atoms with Gasteiger partial charge in [-0.05, 0) is 18.5 Å². The standard InChI is InChI=1S/C11H16N2/c12-11-6-7-13-8-10(11)9-4-2-1-3-5-9/h1-5,10-11,13H,6-8,12H2/t10-,11-/m1/s1. The predicted molar refractivity (Wildman–Crippen MR) is 54.6 cm³/mol. The van der Waals surface area contributed by atoms with E-state index in [4.69, 9.17) is 5.73 Å². The zero-order chi connectivity index (χ0) is 9.10. The van der Waals surface area contributed by atoms with Crippen LogP contribution in [0.4, 0.5) is 0 Å². The second kappa shape index (κ2) is 3.90. The molecule has 1 aromatic rings. The lowest BCUT2D eigenvalue weighted by Gasteiger charge is -2.29. The first-order valence-electron chi connectivity index (χ1n) is 4.89. The lowest BCUT2D eigenvalue weighted by Crippen LogP contribution is -2.43. The van der Waals surface area contributed by atoms with E-state index in [0.29, 0.717) is 12.0 Å². The van der Waals surface area contributed by atoms with Crippen LogP contribution in [0, 0.1) is 0 Å². The van der Waals surface area contributed by atoms with Crippen LogP contribution in [-0.2, 0) is 0 Å². The lowest BCUT2D eigenvalue weighted by atomic mass is 9.88. The fourth-order valence-electron chi connectivity index (χ4n) is 1.94. The van der Waals surface area contributed by atoms with Gasteiger partial charge in [0.15, 0.2) is 0 Å². The first kappa shape index (κ1) is 8.73. The van der Waals surface area contributed by atoms with E-state index in [9.17, 15) is 0 Å². The van der Waals surface area contributed by atoms with Gasteiger partial charge in [0.05, 0.1) is 0 Å². The van der Waals surface area contributed by atoms with Crippen molar-refractivity contribution in [3.05, 3.63) is 35.9 Å². The van der Waals surface area contributed by atoms with Gasteiger partial charge in [0.1, 0.15) is 0 Å². The maximum Gasteiger partial charge on any atom is 0.0132 e. The van der Waals surface area contributed by atoms with Crippen LogP contribution < -0.4 is 11.1 Å². The molecule has 0 saturated carbocycles. The van der Waals surface area contributed by atoms with Crippen LogP contribution in [0.15, 0.2) is 30.3 Å². The number of piperidine rings is 1. The summed E-state index contributed by atoms with van der Waals surface area (Å²) in [5.41, 5.74) is 7.43. The summed E-state index contributed by atoms with van der Waals surface area (Å²) in [4.78, 5) is 0. The maximum atomic E-state index is 6.07. The Morgan fingerprint density at radius 3 is 2.69 bits per heavy atom. The van der Waals surface area contributed by atoms with E-state index in [1.807, 2.05) is 6.07 Å². The second-order valence-electron chi connectivity index (χ2n) is 3.67. The molecule has 3 N–H and O–H groups in total. The van der Waals surface area contributed by atoms with Crippen molar-refractivity contribution in [2.45, 2.75) is 18.4 Å². The minimum Gasteiger partial charge on any atom is -0.327 e. The van der Waals surface area contributed by atoms with E-state index in [1.54, 1.807) is 0 Å². The third-order valence-corrected chi connectivity index (χ3v) is 2.76. The van der Waals surface area contributed by atoms with Crippen LogP contribution in [0.5, 0.6) is 0 Å². The molecule has 1 heterocycles. The van der Waals surface area contributed by atoms with E-state index in [0.717, 1.165) is 19.5 Å². The Labute approximate surface area is 79.1 Å². The number of hydrogen-bond acceptors (Lipinski definition) is 2. The zero-order valence-electron chi connectivity index (χ0n) is 7.74. The Bertz CT molecular complexity index is 258. The monoisotopic (exact) mass is 176 g/mol. The zero-order valence-corrected chi connectivity index (χ0v) is 7.74. The van der Waals surface area contributed by atoms with Gasteiger partial charge in [-0.3, -0.25) is 0 Å². The normalized spacial score (nSPS) is 28.7. The van der Waals surface area contributed by atoms with Crippen LogP contribution in [0.1, 0.15) is 17.9 Å². The van der Waals surface area contributed by atoms with Gasteiger partial charge in [-0.1, -0.05) is 30.3 Å². The molecule has 0 radical (unpaired) electrons. The third-order valence-electron chi connectivity index (χ3n) is 2.76. The van der Waals surface area contributed by atoms with Gasteiger partial charge in [0.25, 0.3) is 0 Å². The number of nitrogens with two attached hydrogens (primary N) is 1. The molecule has 1 aliphatic heterocycles. The number of nitrogens with one attached hydrogen (secondary N) is 1. The van der Waals surface area contributed by atoms with Crippen molar-refractivity contribution in [2.75, 3.05) is 13.1 Å². The van der Waals surface area contributed by atoms with Gasteiger partial charge in [-0.2, -0.15) is 0 Å². The molecule has 0 amide bonds. The van der Waals surface area contributed by atoms with Crippen molar-refractivity contribution in [1.82, 2.24) is 5.32 Å². The molecule has 0 unspecified atom stereocenters. The van der Waals surface area contributed by atoms with Crippen molar-refractivity contribution < 1.29 is 0 Å². The van der Waals surface area contributed by atoms with Gasteiger partial charge < -0.3 is 11.1 Å². The molecule has 2 heteroatoms. The second-order valence-corrected chi connectivity index (χ2v) is 3.67. The lowest BCUT2D eigenvalue weighted by molar-refractivity contribution is 0.403. The summed E-state index contributed by atoms with van der Waals surface area (Å²) < 4.78 is 0. The Morgan fingerprint density at radius 2 is 2.00 bits per heavy atom. The molecule has 0 aliphatic carbocycles. The van der Waals surface area contributed by atoms with E-state index >= 15 is 0 Å². The van der Waals surface area contributed by atoms with E-state index < -0.39 is 0 Å². The molecular weight excluding hydrogens is 160 g/mol. The number of rotatable bonds is 1. The highest BCUT2D eigenvalue weighted by atomic mass is 14.9. The molecule has 1 saturated heterocycles. The van der Waals surface area contributed by atoms with Gasteiger partial charge in [-0.15, -0.1) is 0 Å². The summed E-state index contributed by atoms with van der Waals surface area (Å²) in [5.74, 6) is 0.495. The van der Waals surface area contributed by atoms with E-state index in [1.165, 1.54) is 5.56 Å². The Morgan fingerprint density at radius 1 is 1.23 bits per heavy atom. The van der Waals surface area contributed by atoms with E-state index in [-0.39, 0.29) is 0 Å². The maximum absolute atomic E-state index is 6.07. The van der Waals surface area contributed by atoms with Crippen molar-refractivity contribution in [2.24, 2.45) is 5.73 Å². The molecule has 2 atom stereocenters. The van der Waals surface area contributed by atoms with Crippen LogP contribution in [0.2, 0.25) is 0 Å². The van der Waals surface area contributed by atoms with Crippen LogP contribution in [0.25, 0.3) is 0 Å². The molecule has 1 fully saturated rings. The highest BCUT2D eigenvalue weighted by Crippen LogP contribution is 2.21. The largest absolute Gasteiger partial charge is 0.327 e. The van der Waals surface area contributed by atoms with Gasteiger partial charge in [0.2, 0.25) is 0 Å². The minimum absolute atomic E-state index is 0.323. The molecule has 0 spiro atoms. The number of benzene rings is 1. The fraction of sp³-hybridized carbons (Fsp3) is 0.455. The average Bonchev–Trinajstić information content (AvgIpc) is 2.20. The first-order chi connectivity index (χ1) is 6.38. The Hall–Kier alpha value is -0.860. The molecule has 1 aromatic carbocycles.